The van der Waals surface area contributed by atoms with Crippen molar-refractivity contribution in [1.29, 1.82) is 0 Å². The van der Waals surface area contributed by atoms with E-state index >= 15 is 0 Å². The normalized spacial score (nSPS) is 10.2. The Balaban J connectivity index is 1.94. The summed E-state index contributed by atoms with van der Waals surface area (Å²) >= 11 is 4.77. The monoisotopic (exact) mass is 276 g/mol. The third-order valence-corrected chi connectivity index (χ3v) is 2.71. The maximum atomic E-state index is 5.70. The molecule has 0 atom stereocenters. The molecule has 0 fully saturated rings. The molecule has 0 aliphatic rings. The van der Waals surface area contributed by atoms with E-state index in [9.17, 15) is 0 Å². The summed E-state index contributed by atoms with van der Waals surface area (Å²) < 4.78 is 7.61. The van der Waals surface area contributed by atoms with Gasteiger partial charge in [-0.1, -0.05) is 0 Å². The molecular weight excluding hydrogens is 260 g/mol. The lowest BCUT2D eigenvalue weighted by Crippen LogP contribution is -2.18. The first-order valence-corrected chi connectivity index (χ1v) is 6.40. The second-order valence-electron chi connectivity index (χ2n) is 3.94. The molecule has 0 radical (unpaired) electrons. The number of aryl methyl sites for hydroxylation is 1. The van der Waals surface area contributed by atoms with Crippen LogP contribution in [0.2, 0.25) is 0 Å². The zero-order chi connectivity index (χ0) is 13.7. The van der Waals surface area contributed by atoms with E-state index in [1.54, 1.807) is 6.20 Å². The molecule has 0 saturated heterocycles. The Morgan fingerprint density at radius 2 is 2.11 bits per heavy atom. The standard InChI is InChI=1S/C13H16N4OS/c1-2-17-11(7-8-15-17)9-18-12-5-3-10(4-6-12)16-13(14)19/h3-8H,2,9H2,1H3,(H3,14,16,19). The number of nitrogens with one attached hydrogen (secondary N) is 1. The number of ether oxygens (including phenoxy) is 1. The van der Waals surface area contributed by atoms with Crippen molar-refractivity contribution >= 4 is 23.0 Å². The van der Waals surface area contributed by atoms with Crippen LogP contribution in [0.1, 0.15) is 12.6 Å². The van der Waals surface area contributed by atoms with Crippen LogP contribution in [0.25, 0.3) is 0 Å². The highest BCUT2D eigenvalue weighted by Crippen LogP contribution is 2.16. The van der Waals surface area contributed by atoms with Gasteiger partial charge < -0.3 is 15.8 Å². The maximum absolute atomic E-state index is 5.70. The molecule has 0 amide bonds. The minimum atomic E-state index is 0.250. The van der Waals surface area contributed by atoms with E-state index in [1.165, 1.54) is 0 Å². The Hall–Kier alpha value is -2.08. The van der Waals surface area contributed by atoms with Crippen LogP contribution in [0.4, 0.5) is 5.69 Å². The molecule has 6 heteroatoms. The van der Waals surface area contributed by atoms with Gasteiger partial charge in [0.05, 0.1) is 5.69 Å². The molecule has 0 unspecified atom stereocenters. The van der Waals surface area contributed by atoms with E-state index in [1.807, 2.05) is 41.9 Å². The van der Waals surface area contributed by atoms with E-state index in [4.69, 9.17) is 22.7 Å². The lowest BCUT2D eigenvalue weighted by molar-refractivity contribution is 0.292. The van der Waals surface area contributed by atoms with Gasteiger partial charge in [-0.15, -0.1) is 0 Å². The van der Waals surface area contributed by atoms with Gasteiger partial charge in [0.2, 0.25) is 0 Å². The predicted octanol–water partition coefficient (Wildman–Crippen LogP) is 2.14. The molecule has 2 aromatic rings. The highest BCUT2D eigenvalue weighted by molar-refractivity contribution is 7.80. The number of thiocarbonyl (C=S) groups is 1. The lowest BCUT2D eigenvalue weighted by Gasteiger charge is -2.09. The van der Waals surface area contributed by atoms with Crippen molar-refractivity contribution < 1.29 is 4.74 Å². The summed E-state index contributed by atoms with van der Waals surface area (Å²) in [5, 5.41) is 7.30. The summed E-state index contributed by atoms with van der Waals surface area (Å²) in [5.41, 5.74) is 7.29. The molecule has 100 valence electrons. The minimum Gasteiger partial charge on any atom is -0.487 e. The molecule has 19 heavy (non-hydrogen) atoms. The Bertz CT molecular complexity index is 550. The lowest BCUT2D eigenvalue weighted by atomic mass is 10.3. The maximum Gasteiger partial charge on any atom is 0.168 e. The van der Waals surface area contributed by atoms with E-state index in [2.05, 4.69) is 10.4 Å². The van der Waals surface area contributed by atoms with Gasteiger partial charge in [0.15, 0.2) is 5.11 Å². The number of hydrogen-bond acceptors (Lipinski definition) is 3. The van der Waals surface area contributed by atoms with Crippen molar-refractivity contribution in [3.05, 3.63) is 42.2 Å². The van der Waals surface area contributed by atoms with Crippen molar-refractivity contribution in [2.45, 2.75) is 20.1 Å². The summed E-state index contributed by atoms with van der Waals surface area (Å²) in [6.07, 6.45) is 1.78. The van der Waals surface area contributed by atoms with Gasteiger partial charge in [-0.2, -0.15) is 5.10 Å². The predicted molar refractivity (Wildman–Crippen MR) is 79.1 cm³/mol. The van der Waals surface area contributed by atoms with Crippen LogP contribution in [0.3, 0.4) is 0 Å². The average Bonchev–Trinajstić information content (AvgIpc) is 2.84. The fraction of sp³-hybridized carbons (Fsp3) is 0.231. The summed E-state index contributed by atoms with van der Waals surface area (Å²) in [7, 11) is 0. The summed E-state index contributed by atoms with van der Waals surface area (Å²) in [6.45, 7) is 3.38. The summed E-state index contributed by atoms with van der Waals surface area (Å²) in [6, 6.07) is 9.42. The topological polar surface area (TPSA) is 65.1 Å². The number of nitrogens with two attached hydrogens (primary N) is 1. The zero-order valence-corrected chi connectivity index (χ0v) is 11.5. The van der Waals surface area contributed by atoms with Crippen LogP contribution in [0.5, 0.6) is 5.75 Å². The second kappa shape index (κ2) is 6.19. The van der Waals surface area contributed by atoms with E-state index in [-0.39, 0.29) is 5.11 Å². The van der Waals surface area contributed by atoms with Gasteiger partial charge in [-0.25, -0.2) is 0 Å². The van der Waals surface area contributed by atoms with Crippen molar-refractivity contribution in [1.82, 2.24) is 9.78 Å². The number of rotatable bonds is 5. The van der Waals surface area contributed by atoms with Crippen LogP contribution in [-0.4, -0.2) is 14.9 Å². The molecule has 5 nitrogen and oxygen atoms in total. The molecule has 1 heterocycles. The Kier molecular flexibility index (Phi) is 4.35. The van der Waals surface area contributed by atoms with Crippen LogP contribution < -0.4 is 15.8 Å². The first kappa shape index (κ1) is 13.4. The molecule has 3 N–H and O–H groups in total. The molecule has 0 aliphatic carbocycles. The molecule has 0 aliphatic heterocycles. The van der Waals surface area contributed by atoms with E-state index < -0.39 is 0 Å². The SMILES string of the molecule is CCn1nccc1COc1ccc(NC(N)=S)cc1. The van der Waals surface area contributed by atoms with Crippen LogP contribution >= 0.6 is 12.2 Å². The number of anilines is 1. The van der Waals surface area contributed by atoms with E-state index in [0.29, 0.717) is 6.61 Å². The van der Waals surface area contributed by atoms with Crippen LogP contribution in [0, 0.1) is 0 Å². The second-order valence-corrected chi connectivity index (χ2v) is 4.38. The average molecular weight is 276 g/mol. The van der Waals surface area contributed by atoms with Gasteiger partial charge in [-0.05, 0) is 49.5 Å². The first-order chi connectivity index (χ1) is 9.19. The van der Waals surface area contributed by atoms with Gasteiger partial charge in [0.1, 0.15) is 12.4 Å². The molecule has 2 rings (SSSR count). The van der Waals surface area contributed by atoms with Crippen molar-refractivity contribution in [3.63, 3.8) is 0 Å². The number of benzene rings is 1. The molecule has 0 bridgehead atoms. The molecule has 0 spiro atoms. The molecule has 1 aromatic heterocycles. The highest BCUT2D eigenvalue weighted by Gasteiger charge is 2.02. The van der Waals surface area contributed by atoms with Crippen LogP contribution in [0.15, 0.2) is 36.5 Å². The van der Waals surface area contributed by atoms with Gasteiger partial charge in [0, 0.05) is 18.4 Å². The highest BCUT2D eigenvalue weighted by atomic mass is 32.1. The van der Waals surface area contributed by atoms with Crippen molar-refractivity contribution in [2.24, 2.45) is 5.73 Å². The third-order valence-electron chi connectivity index (χ3n) is 2.61. The fourth-order valence-electron chi connectivity index (χ4n) is 1.70. The molecular formula is C13H16N4OS. The number of hydrogen-bond donors (Lipinski definition) is 2. The number of aromatic nitrogens is 2. The fourth-order valence-corrected chi connectivity index (χ4v) is 1.82. The first-order valence-electron chi connectivity index (χ1n) is 5.99. The Labute approximate surface area is 117 Å². The number of nitrogens with zero attached hydrogens (tertiary/aromatic N) is 2. The van der Waals surface area contributed by atoms with Gasteiger partial charge >= 0.3 is 0 Å². The Morgan fingerprint density at radius 1 is 1.37 bits per heavy atom. The van der Waals surface area contributed by atoms with Gasteiger partial charge in [-0.3, -0.25) is 4.68 Å². The van der Waals surface area contributed by atoms with Crippen molar-refractivity contribution in [2.75, 3.05) is 5.32 Å². The largest absolute Gasteiger partial charge is 0.487 e. The van der Waals surface area contributed by atoms with Crippen LogP contribution in [-0.2, 0) is 13.2 Å². The van der Waals surface area contributed by atoms with E-state index in [0.717, 1.165) is 23.7 Å². The minimum absolute atomic E-state index is 0.250. The van der Waals surface area contributed by atoms with Crippen molar-refractivity contribution in [3.8, 4) is 5.75 Å². The molecule has 1 aromatic carbocycles. The Morgan fingerprint density at radius 3 is 2.74 bits per heavy atom. The van der Waals surface area contributed by atoms with Gasteiger partial charge in [0.25, 0.3) is 0 Å². The smallest absolute Gasteiger partial charge is 0.168 e. The summed E-state index contributed by atoms with van der Waals surface area (Å²) in [5.74, 6) is 0.789. The third kappa shape index (κ3) is 3.69. The summed E-state index contributed by atoms with van der Waals surface area (Å²) in [4.78, 5) is 0. The molecule has 0 saturated carbocycles. The quantitative estimate of drug-likeness (QED) is 0.819. The zero-order valence-electron chi connectivity index (χ0n) is 10.7.